The normalized spacial score (nSPS) is 12.7. The summed E-state index contributed by atoms with van der Waals surface area (Å²) in [6.45, 7) is 9.74. The Bertz CT molecular complexity index is 557. The highest BCUT2D eigenvalue weighted by Gasteiger charge is 2.24. The van der Waals surface area contributed by atoms with Gasteiger partial charge in [0.1, 0.15) is 5.60 Å². The largest absolute Gasteiger partial charge is 0.418 e. The van der Waals surface area contributed by atoms with Crippen molar-refractivity contribution in [3.05, 3.63) is 35.7 Å². The minimum atomic E-state index is -1.11. The molecule has 1 aromatic carbocycles. The van der Waals surface area contributed by atoms with E-state index in [1.807, 2.05) is 12.1 Å². The molecule has 102 valence electrons. The average Bonchev–Trinajstić information content (AvgIpc) is 2.77. The van der Waals surface area contributed by atoms with Crippen molar-refractivity contribution in [2.45, 2.75) is 45.6 Å². The summed E-state index contributed by atoms with van der Waals surface area (Å²) in [5.74, 6) is 0.653. The SMILES string of the molecule is CC(C)(C)c1ccc(-c2nnc(C(C)(C)O)o2)cc1. The second-order valence-electron chi connectivity index (χ2n) is 6.30. The fourth-order valence-corrected chi connectivity index (χ4v) is 1.70. The molecule has 0 spiro atoms. The van der Waals surface area contributed by atoms with Gasteiger partial charge in [-0.05, 0) is 37.0 Å². The zero-order valence-corrected chi connectivity index (χ0v) is 12.1. The molecular weight excluding hydrogens is 240 g/mol. The first-order chi connectivity index (χ1) is 8.68. The molecule has 0 unspecified atom stereocenters. The van der Waals surface area contributed by atoms with E-state index in [0.717, 1.165) is 5.56 Å². The van der Waals surface area contributed by atoms with Crippen molar-refractivity contribution in [1.82, 2.24) is 10.2 Å². The Hall–Kier alpha value is -1.68. The lowest BCUT2D eigenvalue weighted by Gasteiger charge is -2.18. The van der Waals surface area contributed by atoms with Crippen molar-refractivity contribution in [2.24, 2.45) is 0 Å². The Balaban J connectivity index is 2.31. The van der Waals surface area contributed by atoms with E-state index in [0.29, 0.717) is 5.89 Å². The minimum Gasteiger partial charge on any atom is -0.418 e. The van der Waals surface area contributed by atoms with Crippen LogP contribution in [0.1, 0.15) is 46.1 Å². The molecular formula is C15H20N2O2. The molecule has 2 aromatic rings. The van der Waals surface area contributed by atoms with E-state index >= 15 is 0 Å². The van der Waals surface area contributed by atoms with Crippen LogP contribution < -0.4 is 0 Å². The zero-order chi connectivity index (χ0) is 14.3. The molecule has 0 aliphatic carbocycles. The third kappa shape index (κ3) is 3.01. The summed E-state index contributed by atoms with van der Waals surface area (Å²) in [4.78, 5) is 0. The Labute approximate surface area is 113 Å². The van der Waals surface area contributed by atoms with Gasteiger partial charge in [0.15, 0.2) is 0 Å². The van der Waals surface area contributed by atoms with E-state index in [1.54, 1.807) is 13.8 Å². The first kappa shape index (κ1) is 13.7. The van der Waals surface area contributed by atoms with Crippen LogP contribution in [0.3, 0.4) is 0 Å². The Morgan fingerprint density at radius 1 is 0.947 bits per heavy atom. The molecule has 1 N–H and O–H groups in total. The predicted octanol–water partition coefficient (Wildman–Crippen LogP) is 3.26. The van der Waals surface area contributed by atoms with Crippen LogP contribution in [-0.4, -0.2) is 15.3 Å². The van der Waals surface area contributed by atoms with Crippen LogP contribution >= 0.6 is 0 Å². The maximum Gasteiger partial charge on any atom is 0.247 e. The van der Waals surface area contributed by atoms with E-state index in [9.17, 15) is 5.11 Å². The fourth-order valence-electron chi connectivity index (χ4n) is 1.70. The topological polar surface area (TPSA) is 59.2 Å². The van der Waals surface area contributed by atoms with Crippen LogP contribution in [0.5, 0.6) is 0 Å². The summed E-state index contributed by atoms with van der Waals surface area (Å²) < 4.78 is 5.49. The lowest BCUT2D eigenvalue weighted by molar-refractivity contribution is 0.0488. The summed E-state index contributed by atoms with van der Waals surface area (Å²) in [5.41, 5.74) is 1.11. The minimum absolute atomic E-state index is 0.117. The Morgan fingerprint density at radius 3 is 1.95 bits per heavy atom. The second-order valence-corrected chi connectivity index (χ2v) is 6.30. The first-order valence-electron chi connectivity index (χ1n) is 6.35. The van der Waals surface area contributed by atoms with Gasteiger partial charge in [-0.15, -0.1) is 10.2 Å². The molecule has 2 rings (SSSR count). The van der Waals surface area contributed by atoms with Crippen LogP contribution in [0.15, 0.2) is 28.7 Å². The summed E-state index contributed by atoms with van der Waals surface area (Å²) in [6, 6.07) is 8.04. The number of benzene rings is 1. The molecule has 0 atom stereocenters. The van der Waals surface area contributed by atoms with Crippen molar-refractivity contribution in [3.8, 4) is 11.5 Å². The van der Waals surface area contributed by atoms with Gasteiger partial charge in [0.2, 0.25) is 11.8 Å². The molecule has 0 bridgehead atoms. The van der Waals surface area contributed by atoms with Crippen molar-refractivity contribution in [1.29, 1.82) is 0 Å². The molecule has 0 radical (unpaired) electrons. The van der Waals surface area contributed by atoms with E-state index in [-0.39, 0.29) is 11.3 Å². The van der Waals surface area contributed by atoms with Crippen LogP contribution in [0.4, 0.5) is 0 Å². The van der Waals surface area contributed by atoms with Crippen LogP contribution in [0.2, 0.25) is 0 Å². The molecule has 4 nitrogen and oxygen atoms in total. The number of hydrogen-bond donors (Lipinski definition) is 1. The number of aromatic nitrogens is 2. The van der Waals surface area contributed by atoms with Gasteiger partial charge < -0.3 is 9.52 Å². The van der Waals surface area contributed by atoms with Crippen molar-refractivity contribution >= 4 is 0 Å². The molecule has 0 aliphatic heterocycles. The van der Waals surface area contributed by atoms with Gasteiger partial charge in [0.25, 0.3) is 0 Å². The predicted molar refractivity (Wildman–Crippen MR) is 73.7 cm³/mol. The number of nitrogens with zero attached hydrogens (tertiary/aromatic N) is 2. The van der Waals surface area contributed by atoms with E-state index in [4.69, 9.17) is 4.42 Å². The summed E-state index contributed by atoms with van der Waals surface area (Å²) in [6.07, 6.45) is 0. The highest BCUT2D eigenvalue weighted by atomic mass is 16.4. The Morgan fingerprint density at radius 2 is 1.53 bits per heavy atom. The van der Waals surface area contributed by atoms with Crippen LogP contribution in [0, 0.1) is 0 Å². The molecule has 0 saturated carbocycles. The molecule has 0 amide bonds. The number of rotatable bonds is 2. The highest BCUT2D eigenvalue weighted by Crippen LogP contribution is 2.27. The fraction of sp³-hybridized carbons (Fsp3) is 0.467. The first-order valence-corrected chi connectivity index (χ1v) is 6.35. The van der Waals surface area contributed by atoms with E-state index < -0.39 is 5.60 Å². The van der Waals surface area contributed by atoms with Gasteiger partial charge >= 0.3 is 0 Å². The third-order valence-corrected chi connectivity index (χ3v) is 2.95. The second kappa shape index (κ2) is 4.46. The molecule has 19 heavy (non-hydrogen) atoms. The molecule has 1 heterocycles. The lowest BCUT2D eigenvalue weighted by Crippen LogP contribution is -2.15. The van der Waals surface area contributed by atoms with Crippen molar-refractivity contribution < 1.29 is 9.52 Å². The van der Waals surface area contributed by atoms with Crippen LogP contribution in [-0.2, 0) is 11.0 Å². The maximum atomic E-state index is 9.80. The molecule has 4 heteroatoms. The van der Waals surface area contributed by atoms with Crippen LogP contribution in [0.25, 0.3) is 11.5 Å². The number of aliphatic hydroxyl groups is 1. The van der Waals surface area contributed by atoms with Crippen molar-refractivity contribution in [2.75, 3.05) is 0 Å². The Kier molecular flexibility index (Phi) is 3.22. The quantitative estimate of drug-likeness (QED) is 0.900. The monoisotopic (exact) mass is 260 g/mol. The average molecular weight is 260 g/mol. The molecule has 0 fully saturated rings. The molecule has 1 aromatic heterocycles. The van der Waals surface area contributed by atoms with E-state index in [1.165, 1.54) is 5.56 Å². The summed E-state index contributed by atoms with van der Waals surface area (Å²) in [7, 11) is 0. The van der Waals surface area contributed by atoms with Gasteiger partial charge in [-0.1, -0.05) is 32.9 Å². The summed E-state index contributed by atoms with van der Waals surface area (Å²) in [5, 5.41) is 17.6. The third-order valence-electron chi connectivity index (χ3n) is 2.95. The maximum absolute atomic E-state index is 9.80. The lowest BCUT2D eigenvalue weighted by atomic mass is 9.87. The van der Waals surface area contributed by atoms with E-state index in [2.05, 4.69) is 43.1 Å². The van der Waals surface area contributed by atoms with Gasteiger partial charge in [0, 0.05) is 5.56 Å². The van der Waals surface area contributed by atoms with Gasteiger partial charge in [0.05, 0.1) is 0 Å². The highest BCUT2D eigenvalue weighted by molar-refractivity contribution is 5.53. The zero-order valence-electron chi connectivity index (χ0n) is 12.1. The van der Waals surface area contributed by atoms with Gasteiger partial charge in [-0.2, -0.15) is 0 Å². The van der Waals surface area contributed by atoms with Crippen molar-refractivity contribution in [3.63, 3.8) is 0 Å². The standard InChI is InChI=1S/C15H20N2O2/c1-14(2,3)11-8-6-10(7-9-11)12-16-17-13(19-12)15(4,5)18/h6-9,18H,1-5H3. The van der Waals surface area contributed by atoms with Gasteiger partial charge in [-0.3, -0.25) is 0 Å². The van der Waals surface area contributed by atoms with Gasteiger partial charge in [-0.25, -0.2) is 0 Å². The molecule has 0 aliphatic rings. The summed E-state index contributed by atoms with van der Waals surface area (Å²) >= 11 is 0. The smallest absolute Gasteiger partial charge is 0.247 e. The molecule has 0 saturated heterocycles. The number of hydrogen-bond acceptors (Lipinski definition) is 4.